The van der Waals surface area contributed by atoms with Gasteiger partial charge in [0.15, 0.2) is 0 Å². The molecule has 1 saturated heterocycles. The van der Waals surface area contributed by atoms with Crippen LogP contribution in [0.15, 0.2) is 91.0 Å². The van der Waals surface area contributed by atoms with E-state index >= 15 is 0 Å². The van der Waals surface area contributed by atoms with E-state index in [4.69, 9.17) is 18.9 Å². The van der Waals surface area contributed by atoms with Gasteiger partial charge < -0.3 is 0 Å². The summed E-state index contributed by atoms with van der Waals surface area (Å²) in [6.07, 6.45) is -2.29. The van der Waals surface area contributed by atoms with Gasteiger partial charge in [-0.25, -0.2) is 0 Å². The molecule has 1 fully saturated rings. The summed E-state index contributed by atoms with van der Waals surface area (Å²) in [4.78, 5) is 0. The van der Waals surface area contributed by atoms with Crippen LogP contribution in [0.5, 0.6) is 0 Å². The van der Waals surface area contributed by atoms with Crippen molar-refractivity contribution in [3.8, 4) is 0 Å². The van der Waals surface area contributed by atoms with Crippen molar-refractivity contribution in [3.05, 3.63) is 108 Å². The Morgan fingerprint density at radius 3 is 1.60 bits per heavy atom. The second-order valence-corrected chi connectivity index (χ2v) is 10.8. The molecular formula is C28H32ClHgO5. The van der Waals surface area contributed by atoms with Gasteiger partial charge in [0.05, 0.1) is 0 Å². The summed E-state index contributed by atoms with van der Waals surface area (Å²) in [5.74, 6) is 0. The molecule has 183 valence electrons. The molecule has 0 aliphatic carbocycles. The monoisotopic (exact) mass is 685 g/mol. The first kappa shape index (κ1) is 28.3. The molecule has 5 atom stereocenters. The zero-order valence-electron chi connectivity index (χ0n) is 19.8. The predicted molar refractivity (Wildman–Crippen MR) is 133 cm³/mol. The van der Waals surface area contributed by atoms with Gasteiger partial charge in [-0.2, -0.15) is 0 Å². The van der Waals surface area contributed by atoms with Crippen LogP contribution in [-0.2, 0) is 64.9 Å². The summed E-state index contributed by atoms with van der Waals surface area (Å²) < 4.78 is 26.0. The Balaban J connectivity index is 0.00000342. The van der Waals surface area contributed by atoms with E-state index in [0.717, 1.165) is 20.6 Å². The van der Waals surface area contributed by atoms with Crippen LogP contribution in [0.2, 0.25) is 3.93 Å². The molecule has 0 amide bonds. The molecule has 1 heterocycles. The second-order valence-electron chi connectivity index (χ2n) is 8.52. The molecule has 0 aromatic heterocycles. The fourth-order valence-corrected chi connectivity index (χ4v) is 6.03. The van der Waals surface area contributed by atoms with Crippen LogP contribution in [0, 0.1) is 0 Å². The molecule has 1 aliphatic heterocycles. The third-order valence-electron chi connectivity index (χ3n) is 6.01. The van der Waals surface area contributed by atoms with Crippen LogP contribution >= 0.6 is 12.4 Å². The van der Waals surface area contributed by atoms with Crippen molar-refractivity contribution < 1.29 is 50.2 Å². The van der Waals surface area contributed by atoms with Gasteiger partial charge in [0.1, 0.15) is 0 Å². The molecule has 3 aromatic rings. The third kappa shape index (κ3) is 8.36. The zero-order chi connectivity index (χ0) is 23.6. The van der Waals surface area contributed by atoms with Crippen LogP contribution < -0.4 is 0 Å². The van der Waals surface area contributed by atoms with Gasteiger partial charge in [0.25, 0.3) is 0 Å². The van der Waals surface area contributed by atoms with Crippen molar-refractivity contribution in [2.75, 3.05) is 6.61 Å². The maximum atomic E-state index is 11.2. The molecule has 1 N–H and O–H groups in total. The van der Waals surface area contributed by atoms with Gasteiger partial charge >= 0.3 is 219 Å². The first-order valence-corrected chi connectivity index (χ1v) is 15.7. The summed E-state index contributed by atoms with van der Waals surface area (Å²) in [5, 5.41) is 11.2. The van der Waals surface area contributed by atoms with E-state index in [1.165, 1.54) is 0 Å². The van der Waals surface area contributed by atoms with Crippen molar-refractivity contribution in [2.45, 2.75) is 54.3 Å². The van der Waals surface area contributed by atoms with Crippen molar-refractivity contribution in [2.24, 2.45) is 0 Å². The van der Waals surface area contributed by atoms with E-state index in [9.17, 15) is 5.11 Å². The van der Waals surface area contributed by atoms with Gasteiger partial charge in [-0.05, 0) is 0 Å². The van der Waals surface area contributed by atoms with Crippen LogP contribution in [0.3, 0.4) is 0 Å². The first-order chi connectivity index (χ1) is 16.7. The van der Waals surface area contributed by atoms with Crippen molar-refractivity contribution in [1.29, 1.82) is 0 Å². The zero-order valence-corrected chi connectivity index (χ0v) is 26.1. The summed E-state index contributed by atoms with van der Waals surface area (Å²) in [6.45, 7) is 1.69. The number of benzene rings is 3. The van der Waals surface area contributed by atoms with E-state index in [1.54, 1.807) is 0 Å². The molecule has 1 aliphatic rings. The van der Waals surface area contributed by atoms with Crippen molar-refractivity contribution in [3.63, 3.8) is 0 Å². The quantitative estimate of drug-likeness (QED) is 0.292. The Hall–Kier alpha value is -1.31. The van der Waals surface area contributed by atoms with Gasteiger partial charge in [-0.15, -0.1) is 12.4 Å². The molecule has 3 aromatic carbocycles. The van der Waals surface area contributed by atoms with E-state index < -0.39 is 18.3 Å². The van der Waals surface area contributed by atoms with E-state index in [0.29, 0.717) is 52.5 Å². The molecule has 0 radical (unpaired) electrons. The number of rotatable bonds is 11. The molecule has 4 rings (SSSR count). The third-order valence-corrected chi connectivity index (χ3v) is 8.22. The van der Waals surface area contributed by atoms with Gasteiger partial charge in [0, 0.05) is 0 Å². The standard InChI is InChI=1S/C28H31O5.ClH.Hg/c1-21-26(29)28(32-19-24-15-9-4-10-16-24)27(31-18-23-13-7-3-8-14-23)25(33-21)20-30-17-22-11-5-2-6-12-22;;/h2-16,21,25-29H,1,17-20H2;1H;/t21-,25-,26+,27-,28-;;/m1../s1. The fourth-order valence-electron chi connectivity index (χ4n) is 4.17. The SMILES string of the molecule is Cl.O[C@@H]1[C@@H](OCc2ccccc2)[C@H](OCc2ccccc2)[C@@H](COCc2ccccc2)O[C@@H]1[CH2][Hg]. The number of halogens is 1. The molecule has 35 heavy (non-hydrogen) atoms. The second kappa shape index (κ2) is 15.1. The molecule has 0 bridgehead atoms. The Labute approximate surface area is 230 Å². The number of hydrogen-bond donors (Lipinski definition) is 1. The van der Waals surface area contributed by atoms with Crippen molar-refractivity contribution >= 4 is 12.4 Å². The Kier molecular flexibility index (Phi) is 12.2. The van der Waals surface area contributed by atoms with E-state index in [2.05, 4.69) is 0 Å². The summed E-state index contributed by atoms with van der Waals surface area (Å²) >= 11 is 0.483. The van der Waals surface area contributed by atoms with E-state index in [-0.39, 0.29) is 24.6 Å². The molecule has 0 spiro atoms. The van der Waals surface area contributed by atoms with Crippen LogP contribution in [-0.4, -0.2) is 42.2 Å². The van der Waals surface area contributed by atoms with E-state index in [1.807, 2.05) is 91.0 Å². The number of aliphatic hydroxyl groups excluding tert-OH is 1. The number of hydrogen-bond acceptors (Lipinski definition) is 5. The Morgan fingerprint density at radius 2 is 1.11 bits per heavy atom. The summed E-state index contributed by atoms with van der Waals surface area (Å²) in [6, 6.07) is 30.2. The van der Waals surface area contributed by atoms with Crippen LogP contribution in [0.4, 0.5) is 0 Å². The van der Waals surface area contributed by atoms with Gasteiger partial charge in [0.2, 0.25) is 0 Å². The molecule has 5 nitrogen and oxygen atoms in total. The summed E-state index contributed by atoms with van der Waals surface area (Å²) in [5.41, 5.74) is 3.24. The summed E-state index contributed by atoms with van der Waals surface area (Å²) in [7, 11) is 0. The molecular weight excluding hydrogens is 652 g/mol. The maximum absolute atomic E-state index is 11.2. The molecule has 0 unspecified atom stereocenters. The Bertz CT molecular complexity index is 963. The minimum absolute atomic E-state index is 0. The number of aliphatic hydroxyl groups is 1. The first-order valence-electron chi connectivity index (χ1n) is 11.8. The van der Waals surface area contributed by atoms with Gasteiger partial charge in [-0.3, -0.25) is 0 Å². The fraction of sp³-hybridized carbons (Fsp3) is 0.357. The topological polar surface area (TPSA) is 57.2 Å². The molecule has 7 heteroatoms. The molecule has 0 saturated carbocycles. The number of ether oxygens (including phenoxy) is 4. The average molecular weight is 685 g/mol. The van der Waals surface area contributed by atoms with Crippen molar-refractivity contribution in [1.82, 2.24) is 0 Å². The predicted octanol–water partition coefficient (Wildman–Crippen LogP) is 4.89. The van der Waals surface area contributed by atoms with Crippen LogP contribution in [0.25, 0.3) is 0 Å². The Morgan fingerprint density at radius 1 is 0.657 bits per heavy atom. The minimum atomic E-state index is -0.743. The van der Waals surface area contributed by atoms with Gasteiger partial charge in [-0.1, -0.05) is 0 Å². The average Bonchev–Trinajstić information content (AvgIpc) is 2.89. The van der Waals surface area contributed by atoms with Crippen LogP contribution in [0.1, 0.15) is 16.7 Å². The normalized spacial score (nSPS) is 24.0.